The van der Waals surface area contributed by atoms with Gasteiger partial charge in [-0.3, -0.25) is 4.79 Å². The van der Waals surface area contributed by atoms with E-state index in [-0.39, 0.29) is 30.6 Å². The first-order valence-corrected chi connectivity index (χ1v) is 8.29. The fourth-order valence-corrected chi connectivity index (χ4v) is 3.81. The summed E-state index contributed by atoms with van der Waals surface area (Å²) in [6, 6.07) is 5.27. The molecule has 25 heavy (non-hydrogen) atoms. The third-order valence-electron chi connectivity index (χ3n) is 5.08. The van der Waals surface area contributed by atoms with Gasteiger partial charge in [0.05, 0.1) is 18.6 Å². The molecule has 0 unspecified atom stereocenters. The number of aryl methyl sites for hydroxylation is 1. The van der Waals surface area contributed by atoms with Crippen LogP contribution in [-0.2, 0) is 4.74 Å². The number of ether oxygens (including phenoxy) is 3. The van der Waals surface area contributed by atoms with Crippen LogP contribution in [0.3, 0.4) is 0 Å². The van der Waals surface area contributed by atoms with Crippen molar-refractivity contribution in [3.63, 3.8) is 0 Å². The molecule has 0 saturated carbocycles. The van der Waals surface area contributed by atoms with E-state index in [0.717, 1.165) is 0 Å². The Labute approximate surface area is 143 Å². The normalized spacial score (nSPS) is 26.9. The summed E-state index contributed by atoms with van der Waals surface area (Å²) in [5.74, 6) is 2.62. The van der Waals surface area contributed by atoms with Gasteiger partial charge in [0.15, 0.2) is 11.5 Å². The van der Waals surface area contributed by atoms with Crippen molar-refractivity contribution in [3.05, 3.63) is 35.5 Å². The fourth-order valence-electron chi connectivity index (χ4n) is 3.81. The molecule has 1 aromatic carbocycles. The lowest BCUT2D eigenvalue weighted by atomic mass is 9.93. The van der Waals surface area contributed by atoms with E-state index in [4.69, 9.17) is 18.6 Å². The maximum Gasteiger partial charge on any atom is 0.254 e. The van der Waals surface area contributed by atoms with Gasteiger partial charge in [-0.05, 0) is 18.2 Å². The zero-order valence-corrected chi connectivity index (χ0v) is 13.7. The molecule has 0 N–H and O–H groups in total. The van der Waals surface area contributed by atoms with Gasteiger partial charge in [-0.2, -0.15) is 0 Å². The van der Waals surface area contributed by atoms with Crippen LogP contribution in [0.15, 0.2) is 22.6 Å². The van der Waals surface area contributed by atoms with Crippen molar-refractivity contribution in [2.75, 3.05) is 26.5 Å². The lowest BCUT2D eigenvalue weighted by Crippen LogP contribution is -2.31. The highest BCUT2D eigenvalue weighted by Crippen LogP contribution is 2.40. The number of carbonyl (C=O) groups excluding carboxylic acids is 1. The molecule has 130 valence electrons. The van der Waals surface area contributed by atoms with Gasteiger partial charge in [0, 0.05) is 31.5 Å². The van der Waals surface area contributed by atoms with Crippen LogP contribution in [0.5, 0.6) is 11.5 Å². The molecular formula is C17H17N3O5. The molecule has 8 nitrogen and oxygen atoms in total. The lowest BCUT2D eigenvalue weighted by Gasteiger charge is -2.18. The van der Waals surface area contributed by atoms with E-state index >= 15 is 0 Å². The van der Waals surface area contributed by atoms with E-state index in [1.54, 1.807) is 25.1 Å². The van der Waals surface area contributed by atoms with E-state index in [1.165, 1.54) is 0 Å². The minimum atomic E-state index is -0.0308. The molecule has 3 aliphatic heterocycles. The number of fused-ring (bicyclic) bond motifs is 2. The number of likely N-dealkylation sites (tertiary alicyclic amines) is 1. The Balaban J connectivity index is 1.34. The van der Waals surface area contributed by atoms with Gasteiger partial charge in [-0.25, -0.2) is 0 Å². The Morgan fingerprint density at radius 3 is 2.92 bits per heavy atom. The van der Waals surface area contributed by atoms with Gasteiger partial charge in [0.2, 0.25) is 18.6 Å². The zero-order valence-electron chi connectivity index (χ0n) is 13.7. The summed E-state index contributed by atoms with van der Waals surface area (Å²) in [5.41, 5.74) is 0.592. The smallest absolute Gasteiger partial charge is 0.254 e. The van der Waals surface area contributed by atoms with Crippen LogP contribution in [0.4, 0.5) is 0 Å². The average molecular weight is 343 g/mol. The molecule has 2 saturated heterocycles. The summed E-state index contributed by atoms with van der Waals surface area (Å²) in [6.45, 7) is 3.71. The molecular weight excluding hydrogens is 326 g/mol. The Kier molecular flexibility index (Phi) is 3.21. The highest BCUT2D eigenvalue weighted by atomic mass is 16.7. The van der Waals surface area contributed by atoms with Crippen LogP contribution in [0, 0.1) is 12.8 Å². The Morgan fingerprint density at radius 1 is 1.20 bits per heavy atom. The highest BCUT2D eigenvalue weighted by Gasteiger charge is 2.47. The first-order valence-electron chi connectivity index (χ1n) is 8.29. The van der Waals surface area contributed by atoms with E-state index in [0.29, 0.717) is 48.5 Å². The maximum atomic E-state index is 12.8. The first-order chi connectivity index (χ1) is 12.2. The van der Waals surface area contributed by atoms with Gasteiger partial charge >= 0.3 is 0 Å². The zero-order chi connectivity index (χ0) is 17.0. The number of carbonyl (C=O) groups is 1. The predicted molar refractivity (Wildman–Crippen MR) is 83.5 cm³/mol. The van der Waals surface area contributed by atoms with Crippen LogP contribution in [0.1, 0.15) is 28.1 Å². The summed E-state index contributed by atoms with van der Waals surface area (Å²) < 4.78 is 22.1. The van der Waals surface area contributed by atoms with Gasteiger partial charge < -0.3 is 23.5 Å². The van der Waals surface area contributed by atoms with Crippen molar-refractivity contribution in [2.45, 2.75) is 18.9 Å². The Hall–Kier alpha value is -2.61. The number of hydrogen-bond acceptors (Lipinski definition) is 7. The number of rotatable bonds is 2. The molecule has 3 aliphatic rings. The molecule has 4 heterocycles. The predicted octanol–water partition coefficient (Wildman–Crippen LogP) is 1.36. The first kappa shape index (κ1) is 14.7. The van der Waals surface area contributed by atoms with Crippen molar-refractivity contribution in [1.29, 1.82) is 0 Å². The van der Waals surface area contributed by atoms with Gasteiger partial charge in [-0.1, -0.05) is 0 Å². The van der Waals surface area contributed by atoms with E-state index < -0.39 is 0 Å². The number of hydrogen-bond donors (Lipinski definition) is 0. The van der Waals surface area contributed by atoms with Crippen LogP contribution in [0.25, 0.3) is 0 Å². The van der Waals surface area contributed by atoms with Crippen LogP contribution >= 0.6 is 0 Å². The average Bonchev–Trinajstić information content (AvgIpc) is 3.36. The van der Waals surface area contributed by atoms with Crippen molar-refractivity contribution in [2.24, 2.45) is 5.92 Å². The summed E-state index contributed by atoms with van der Waals surface area (Å²) in [7, 11) is 0. The quantitative estimate of drug-likeness (QED) is 0.813. The largest absolute Gasteiger partial charge is 0.454 e. The van der Waals surface area contributed by atoms with Gasteiger partial charge in [0.1, 0.15) is 0 Å². The Morgan fingerprint density at radius 2 is 2.08 bits per heavy atom. The van der Waals surface area contributed by atoms with Gasteiger partial charge in [0.25, 0.3) is 5.91 Å². The van der Waals surface area contributed by atoms with E-state index in [9.17, 15) is 4.79 Å². The van der Waals surface area contributed by atoms with Crippen molar-refractivity contribution >= 4 is 5.91 Å². The lowest BCUT2D eigenvalue weighted by molar-refractivity contribution is 0.0686. The molecule has 8 heteroatoms. The molecule has 5 rings (SSSR count). The second-order valence-electron chi connectivity index (χ2n) is 6.58. The molecule has 2 fully saturated rings. The summed E-state index contributed by atoms with van der Waals surface area (Å²) in [4.78, 5) is 14.7. The molecule has 0 spiro atoms. The fraction of sp³-hybridized carbons (Fsp3) is 0.471. The number of aromatic nitrogens is 2. The highest BCUT2D eigenvalue weighted by molar-refractivity contribution is 5.95. The second kappa shape index (κ2) is 5.45. The second-order valence-corrected chi connectivity index (χ2v) is 6.58. The molecule has 1 aromatic heterocycles. The molecule has 0 radical (unpaired) electrons. The summed E-state index contributed by atoms with van der Waals surface area (Å²) >= 11 is 0. The monoisotopic (exact) mass is 343 g/mol. The molecule has 2 aromatic rings. The maximum absolute atomic E-state index is 12.8. The number of benzene rings is 1. The van der Waals surface area contributed by atoms with Crippen molar-refractivity contribution in [3.8, 4) is 11.5 Å². The molecule has 1 amide bonds. The molecule has 0 bridgehead atoms. The number of amides is 1. The SMILES string of the molecule is Cc1nnc([C@H]2CO[C@@H]3CN(C(=O)c4ccc5c(c4)OCO5)C[C@H]23)o1. The van der Waals surface area contributed by atoms with E-state index in [1.807, 2.05) is 4.90 Å². The van der Waals surface area contributed by atoms with Crippen LogP contribution in [0.2, 0.25) is 0 Å². The standard InChI is InChI=1S/C17H17N3O5/c1-9-18-19-16(25-9)12-7-22-15-6-20(5-11(12)15)17(21)10-2-3-13-14(4-10)24-8-23-13/h2-4,11-12,15H,5-8H2,1H3/t11-,12+,15-/m1/s1. The van der Waals surface area contributed by atoms with Crippen molar-refractivity contribution in [1.82, 2.24) is 15.1 Å². The minimum Gasteiger partial charge on any atom is -0.454 e. The third-order valence-corrected chi connectivity index (χ3v) is 5.08. The third kappa shape index (κ3) is 2.36. The Bertz CT molecular complexity index is 835. The minimum absolute atomic E-state index is 0.00941. The molecule has 3 atom stereocenters. The van der Waals surface area contributed by atoms with Gasteiger partial charge in [-0.15, -0.1) is 10.2 Å². The summed E-state index contributed by atoms with van der Waals surface area (Å²) in [6.07, 6.45) is 0.00941. The van der Waals surface area contributed by atoms with E-state index in [2.05, 4.69) is 10.2 Å². The van der Waals surface area contributed by atoms with Crippen molar-refractivity contribution < 1.29 is 23.4 Å². The summed E-state index contributed by atoms with van der Waals surface area (Å²) in [5, 5.41) is 8.03. The number of nitrogens with zero attached hydrogens (tertiary/aromatic N) is 3. The topological polar surface area (TPSA) is 86.9 Å². The van der Waals surface area contributed by atoms with Crippen LogP contribution in [-0.4, -0.2) is 53.6 Å². The van der Waals surface area contributed by atoms with Crippen LogP contribution < -0.4 is 9.47 Å². The molecule has 0 aliphatic carbocycles.